The molecule has 2 saturated heterocycles. The van der Waals surface area contributed by atoms with Crippen molar-refractivity contribution in [2.75, 3.05) is 31.7 Å². The molecule has 0 spiro atoms. The lowest BCUT2D eigenvalue weighted by atomic mass is 9.61. The number of esters is 1. The normalized spacial score (nSPS) is 21.6. The molecule has 1 saturated carbocycles. The Morgan fingerprint density at radius 3 is 2.68 bits per heavy atom. The molecule has 5 heterocycles. The third kappa shape index (κ3) is 3.94. The zero-order valence-corrected chi connectivity index (χ0v) is 19.4. The highest BCUT2D eigenvalue weighted by molar-refractivity contribution is 5.85. The fourth-order valence-electron chi connectivity index (χ4n) is 5.07. The summed E-state index contributed by atoms with van der Waals surface area (Å²) in [6.07, 6.45) is 6.07. The number of carbonyl (C=O) groups excluding carboxylic acids is 1. The van der Waals surface area contributed by atoms with Crippen molar-refractivity contribution in [2.45, 2.75) is 25.9 Å². The predicted molar refractivity (Wildman–Crippen MR) is 124 cm³/mol. The molecular formula is C25H27N5O4. The van der Waals surface area contributed by atoms with E-state index in [9.17, 15) is 15.2 Å². The quantitative estimate of drug-likeness (QED) is 0.558. The van der Waals surface area contributed by atoms with Gasteiger partial charge >= 0.3 is 5.97 Å². The summed E-state index contributed by atoms with van der Waals surface area (Å²) in [5, 5.41) is 23.9. The lowest BCUT2D eigenvalue weighted by Gasteiger charge is -2.52. The second-order valence-electron chi connectivity index (χ2n) is 9.77. The third-order valence-corrected chi connectivity index (χ3v) is 6.69. The number of hydrogen-bond donors (Lipinski definition) is 1. The molecule has 6 rings (SSSR count). The van der Waals surface area contributed by atoms with E-state index in [1.807, 2.05) is 18.2 Å². The minimum atomic E-state index is -0.984. The summed E-state index contributed by atoms with van der Waals surface area (Å²) in [6.45, 7) is 5.04. The van der Waals surface area contributed by atoms with Gasteiger partial charge in [0.05, 0.1) is 42.1 Å². The maximum atomic E-state index is 12.0. The van der Waals surface area contributed by atoms with Crippen molar-refractivity contribution in [3.8, 4) is 22.9 Å². The third-order valence-electron chi connectivity index (χ3n) is 6.69. The number of aromatic nitrogens is 3. The number of ether oxygens (including phenoxy) is 2. The second kappa shape index (κ2) is 8.29. The van der Waals surface area contributed by atoms with Crippen LogP contribution in [0.25, 0.3) is 16.6 Å². The number of piperidine rings is 2. The van der Waals surface area contributed by atoms with E-state index in [1.165, 1.54) is 13.3 Å². The van der Waals surface area contributed by atoms with Gasteiger partial charge in [-0.25, -0.2) is 9.50 Å². The van der Waals surface area contributed by atoms with Crippen molar-refractivity contribution < 1.29 is 19.4 Å². The fourth-order valence-corrected chi connectivity index (χ4v) is 5.07. The number of pyridine rings is 2. The lowest BCUT2D eigenvalue weighted by Crippen LogP contribution is -2.58. The summed E-state index contributed by atoms with van der Waals surface area (Å²) in [6, 6.07) is 7.99. The Balaban J connectivity index is 1.42. The molecule has 2 bridgehead atoms. The molecule has 9 heteroatoms. The van der Waals surface area contributed by atoms with Gasteiger partial charge in [-0.3, -0.25) is 4.79 Å². The van der Waals surface area contributed by atoms with E-state index < -0.39 is 5.60 Å². The number of methoxy groups -OCH3 is 1. The number of hydrogen-bond acceptors (Lipinski definition) is 8. The SMILES string of the molecule is COC(=O)C1C2CC1CN(c1ccc(-c3cc(OCC(C)(C)O)cn4ncc(C#N)c34)cn1)C2. The average Bonchev–Trinajstić information content (AvgIpc) is 3.25. The highest BCUT2D eigenvalue weighted by atomic mass is 16.5. The van der Waals surface area contributed by atoms with Crippen LogP contribution >= 0.6 is 0 Å². The van der Waals surface area contributed by atoms with Crippen LogP contribution in [-0.4, -0.2) is 58.1 Å². The molecule has 2 aliphatic heterocycles. The fraction of sp³-hybridized carbons (Fsp3) is 0.440. The number of carbonyl (C=O) groups is 1. The van der Waals surface area contributed by atoms with E-state index in [0.717, 1.165) is 36.5 Å². The van der Waals surface area contributed by atoms with Crippen LogP contribution in [0.3, 0.4) is 0 Å². The molecule has 176 valence electrons. The van der Waals surface area contributed by atoms with Crippen molar-refractivity contribution in [3.05, 3.63) is 42.4 Å². The van der Waals surface area contributed by atoms with Crippen LogP contribution in [0.4, 0.5) is 5.82 Å². The van der Waals surface area contributed by atoms with Gasteiger partial charge in [-0.1, -0.05) is 0 Å². The van der Waals surface area contributed by atoms with Gasteiger partial charge in [0, 0.05) is 30.4 Å². The van der Waals surface area contributed by atoms with Crippen LogP contribution in [0.5, 0.6) is 5.75 Å². The molecule has 3 aliphatic rings. The van der Waals surface area contributed by atoms with Gasteiger partial charge in [0.15, 0.2) is 0 Å². The number of rotatable bonds is 6. The van der Waals surface area contributed by atoms with Gasteiger partial charge < -0.3 is 19.5 Å². The highest BCUT2D eigenvalue weighted by Crippen LogP contribution is 2.47. The van der Waals surface area contributed by atoms with E-state index in [1.54, 1.807) is 30.8 Å². The summed E-state index contributed by atoms with van der Waals surface area (Å²) in [5.74, 6) is 1.91. The summed E-state index contributed by atoms with van der Waals surface area (Å²) < 4.78 is 12.4. The van der Waals surface area contributed by atoms with Crippen LogP contribution < -0.4 is 9.64 Å². The maximum absolute atomic E-state index is 12.0. The monoisotopic (exact) mass is 461 g/mol. The van der Waals surface area contributed by atoms with Crippen molar-refractivity contribution in [1.82, 2.24) is 14.6 Å². The van der Waals surface area contributed by atoms with Gasteiger partial charge in [-0.05, 0) is 50.3 Å². The molecule has 1 aliphatic carbocycles. The molecule has 2 atom stereocenters. The molecular weight excluding hydrogens is 434 g/mol. The molecule has 2 unspecified atom stereocenters. The first-order valence-corrected chi connectivity index (χ1v) is 11.3. The first kappa shape index (κ1) is 22.2. The number of aliphatic hydroxyl groups is 1. The van der Waals surface area contributed by atoms with Crippen LogP contribution in [0, 0.1) is 29.1 Å². The first-order valence-electron chi connectivity index (χ1n) is 11.3. The Hall–Kier alpha value is -3.64. The summed E-state index contributed by atoms with van der Waals surface area (Å²) in [7, 11) is 1.45. The minimum absolute atomic E-state index is 0.00622. The molecule has 3 fully saturated rings. The number of nitriles is 1. The Morgan fingerprint density at radius 1 is 1.29 bits per heavy atom. The molecule has 0 radical (unpaired) electrons. The van der Waals surface area contributed by atoms with Gasteiger partial charge in [0.25, 0.3) is 0 Å². The smallest absolute Gasteiger partial charge is 0.309 e. The molecule has 3 aromatic rings. The van der Waals surface area contributed by atoms with Crippen molar-refractivity contribution in [3.63, 3.8) is 0 Å². The minimum Gasteiger partial charge on any atom is -0.489 e. The van der Waals surface area contributed by atoms with Crippen LogP contribution in [0.1, 0.15) is 25.8 Å². The number of anilines is 1. The van der Waals surface area contributed by atoms with E-state index in [0.29, 0.717) is 28.7 Å². The maximum Gasteiger partial charge on any atom is 0.309 e. The lowest BCUT2D eigenvalue weighted by molar-refractivity contribution is -0.157. The van der Waals surface area contributed by atoms with E-state index in [2.05, 4.69) is 16.1 Å². The molecule has 1 N–H and O–H groups in total. The van der Waals surface area contributed by atoms with E-state index >= 15 is 0 Å². The van der Waals surface area contributed by atoms with Crippen molar-refractivity contribution in [1.29, 1.82) is 5.26 Å². The van der Waals surface area contributed by atoms with Gasteiger partial charge in [-0.15, -0.1) is 0 Å². The zero-order chi connectivity index (χ0) is 24.0. The zero-order valence-electron chi connectivity index (χ0n) is 19.4. The topological polar surface area (TPSA) is 113 Å². The summed E-state index contributed by atoms with van der Waals surface area (Å²) in [5.41, 5.74) is 1.75. The first-order chi connectivity index (χ1) is 16.3. The number of nitrogens with zero attached hydrogens (tertiary/aromatic N) is 5. The van der Waals surface area contributed by atoms with E-state index in [-0.39, 0.29) is 18.5 Å². The Morgan fingerprint density at radius 2 is 2.06 bits per heavy atom. The molecule has 3 aromatic heterocycles. The Bertz CT molecular complexity index is 1260. The summed E-state index contributed by atoms with van der Waals surface area (Å²) in [4.78, 5) is 18.9. The Labute approximate surface area is 197 Å². The molecule has 0 amide bonds. The average molecular weight is 462 g/mol. The van der Waals surface area contributed by atoms with Gasteiger partial charge in [-0.2, -0.15) is 10.4 Å². The van der Waals surface area contributed by atoms with E-state index in [4.69, 9.17) is 14.5 Å². The predicted octanol–water partition coefficient (Wildman–Crippen LogP) is 2.66. The number of fused-ring (bicyclic) bond motifs is 3. The largest absolute Gasteiger partial charge is 0.489 e. The van der Waals surface area contributed by atoms with Gasteiger partial charge in [0.2, 0.25) is 0 Å². The summed E-state index contributed by atoms with van der Waals surface area (Å²) >= 11 is 0. The van der Waals surface area contributed by atoms with Crippen molar-refractivity contribution in [2.24, 2.45) is 17.8 Å². The molecule has 34 heavy (non-hydrogen) atoms. The van der Waals surface area contributed by atoms with Crippen LogP contribution in [0.2, 0.25) is 0 Å². The molecule has 9 nitrogen and oxygen atoms in total. The second-order valence-corrected chi connectivity index (χ2v) is 9.77. The van der Waals surface area contributed by atoms with Crippen LogP contribution in [0.15, 0.2) is 36.8 Å². The van der Waals surface area contributed by atoms with Crippen molar-refractivity contribution >= 4 is 17.3 Å². The highest BCUT2D eigenvalue weighted by Gasteiger charge is 2.51. The standard InChI is InChI=1S/C25H27N5O4/c1-25(2,32)14-34-19-7-20(23-18(8-26)10-28-30(23)13-19)15-4-5-21(27-9-15)29-11-16-6-17(12-29)22(16)24(31)33-3/h4-5,7,9-10,13,16-17,22,32H,6,11-12,14H2,1-3H3. The van der Waals surface area contributed by atoms with Gasteiger partial charge in [0.1, 0.15) is 24.2 Å². The Kier molecular flexibility index (Phi) is 5.41. The molecule has 0 aromatic carbocycles. The van der Waals surface area contributed by atoms with Crippen LogP contribution in [-0.2, 0) is 9.53 Å².